The number of rotatable bonds is 6. The highest BCUT2D eigenvalue weighted by molar-refractivity contribution is 6.20. The second-order valence-electron chi connectivity index (χ2n) is 4.69. The molecule has 0 aliphatic rings. The minimum absolute atomic E-state index is 0.173. The van der Waals surface area contributed by atoms with Crippen molar-refractivity contribution in [3.63, 3.8) is 0 Å². The molecule has 0 spiro atoms. The summed E-state index contributed by atoms with van der Waals surface area (Å²) >= 11 is 6.23. The van der Waals surface area contributed by atoms with Gasteiger partial charge in [-0.3, -0.25) is 4.68 Å². The van der Waals surface area contributed by atoms with E-state index in [0.29, 0.717) is 11.8 Å². The average Bonchev–Trinajstić information content (AvgIpc) is 2.61. The van der Waals surface area contributed by atoms with E-state index in [1.54, 1.807) is 6.33 Å². The lowest BCUT2D eigenvalue weighted by atomic mass is 9.89. The molecular weight excluding hydrogens is 222 g/mol. The summed E-state index contributed by atoms with van der Waals surface area (Å²) in [4.78, 5) is 4.33. The molecule has 2 atom stereocenters. The fourth-order valence-corrected chi connectivity index (χ4v) is 2.36. The van der Waals surface area contributed by atoms with Crippen LogP contribution in [0.2, 0.25) is 0 Å². The predicted molar refractivity (Wildman–Crippen MR) is 67.7 cm³/mol. The summed E-state index contributed by atoms with van der Waals surface area (Å²) in [6.07, 6.45) is 3.64. The van der Waals surface area contributed by atoms with Crippen LogP contribution < -0.4 is 0 Å². The molecule has 2 unspecified atom stereocenters. The lowest BCUT2D eigenvalue weighted by Crippen LogP contribution is -2.23. The Hall–Kier alpha value is -0.570. The molecule has 0 bridgehead atoms. The molecule has 16 heavy (non-hydrogen) atoms. The second kappa shape index (κ2) is 6.24. The molecule has 1 heterocycles. The predicted octanol–water partition coefficient (Wildman–Crippen LogP) is 3.13. The van der Waals surface area contributed by atoms with Crippen molar-refractivity contribution in [1.82, 2.24) is 14.8 Å². The smallest absolute Gasteiger partial charge is 0.138 e. The van der Waals surface area contributed by atoms with Crippen LogP contribution in [0.15, 0.2) is 6.33 Å². The number of halogens is 1. The Kier molecular flexibility index (Phi) is 5.26. The highest BCUT2D eigenvalue weighted by atomic mass is 35.5. The first kappa shape index (κ1) is 13.5. The van der Waals surface area contributed by atoms with Gasteiger partial charge < -0.3 is 0 Å². The molecule has 0 aromatic carbocycles. The molecule has 0 amide bonds. The quantitative estimate of drug-likeness (QED) is 0.719. The lowest BCUT2D eigenvalue weighted by molar-refractivity contribution is 0.361. The molecule has 0 N–H and O–H groups in total. The Bertz CT molecular complexity index is 299. The monoisotopic (exact) mass is 243 g/mol. The first-order valence-corrected chi connectivity index (χ1v) is 6.50. The molecule has 0 saturated heterocycles. The third-order valence-corrected chi connectivity index (χ3v) is 3.32. The van der Waals surface area contributed by atoms with Gasteiger partial charge in [-0.15, -0.1) is 11.6 Å². The summed E-state index contributed by atoms with van der Waals surface area (Å²) in [6, 6.07) is 0. The third kappa shape index (κ3) is 3.48. The van der Waals surface area contributed by atoms with Crippen molar-refractivity contribution in [3.05, 3.63) is 12.2 Å². The van der Waals surface area contributed by atoms with E-state index in [1.807, 2.05) is 4.68 Å². The molecule has 1 aromatic heterocycles. The Balaban J connectivity index is 2.73. The Morgan fingerprint density at radius 2 is 2.06 bits per heavy atom. The van der Waals surface area contributed by atoms with Crippen molar-refractivity contribution >= 4 is 11.6 Å². The highest BCUT2D eigenvalue weighted by Crippen LogP contribution is 2.23. The number of hydrogen-bond donors (Lipinski definition) is 0. The van der Waals surface area contributed by atoms with Gasteiger partial charge in [-0.1, -0.05) is 20.8 Å². The maximum absolute atomic E-state index is 6.23. The highest BCUT2D eigenvalue weighted by Gasteiger charge is 2.21. The van der Waals surface area contributed by atoms with Gasteiger partial charge in [-0.25, -0.2) is 4.98 Å². The van der Waals surface area contributed by atoms with E-state index in [1.165, 1.54) is 0 Å². The number of nitrogens with zero attached hydrogens (tertiary/aromatic N) is 3. The van der Waals surface area contributed by atoms with Crippen LogP contribution in [0.3, 0.4) is 0 Å². The summed E-state index contributed by atoms with van der Waals surface area (Å²) in [5.41, 5.74) is 0. The first-order valence-electron chi connectivity index (χ1n) is 6.07. The van der Waals surface area contributed by atoms with Crippen LogP contribution in [0, 0.1) is 11.8 Å². The van der Waals surface area contributed by atoms with E-state index in [0.717, 1.165) is 25.2 Å². The second-order valence-corrected chi connectivity index (χ2v) is 5.38. The van der Waals surface area contributed by atoms with Gasteiger partial charge >= 0.3 is 0 Å². The number of alkyl halides is 1. The van der Waals surface area contributed by atoms with Crippen molar-refractivity contribution in [2.24, 2.45) is 11.8 Å². The largest absolute Gasteiger partial charge is 0.250 e. The van der Waals surface area contributed by atoms with Crippen LogP contribution in [0.1, 0.15) is 39.9 Å². The van der Waals surface area contributed by atoms with Gasteiger partial charge in [0, 0.05) is 18.3 Å². The molecule has 1 aromatic rings. The van der Waals surface area contributed by atoms with Gasteiger partial charge in [0.05, 0.1) is 0 Å². The topological polar surface area (TPSA) is 30.7 Å². The van der Waals surface area contributed by atoms with Crippen LogP contribution in [0.4, 0.5) is 0 Å². The van der Waals surface area contributed by atoms with Crippen LogP contribution in [0.5, 0.6) is 0 Å². The van der Waals surface area contributed by atoms with Gasteiger partial charge in [0.2, 0.25) is 0 Å². The van der Waals surface area contributed by atoms with E-state index >= 15 is 0 Å². The molecule has 92 valence electrons. The molecule has 1 rings (SSSR count). The number of aryl methyl sites for hydroxylation is 1. The summed E-state index contributed by atoms with van der Waals surface area (Å²) < 4.78 is 1.99. The lowest BCUT2D eigenvalue weighted by Gasteiger charge is -2.22. The van der Waals surface area contributed by atoms with Crippen LogP contribution >= 0.6 is 11.6 Å². The third-order valence-electron chi connectivity index (χ3n) is 3.00. The maximum Gasteiger partial charge on any atom is 0.138 e. The molecule has 0 fully saturated rings. The van der Waals surface area contributed by atoms with Crippen molar-refractivity contribution in [3.8, 4) is 0 Å². The fourth-order valence-electron chi connectivity index (χ4n) is 1.98. The Morgan fingerprint density at radius 3 is 2.56 bits per heavy atom. The molecule has 0 radical (unpaired) electrons. The first-order chi connectivity index (χ1) is 7.56. The van der Waals surface area contributed by atoms with Crippen molar-refractivity contribution < 1.29 is 0 Å². The number of aromatic nitrogens is 3. The van der Waals surface area contributed by atoms with E-state index in [4.69, 9.17) is 11.6 Å². The number of hydrogen-bond acceptors (Lipinski definition) is 2. The fraction of sp³-hybridized carbons (Fsp3) is 0.833. The average molecular weight is 244 g/mol. The van der Waals surface area contributed by atoms with E-state index < -0.39 is 0 Å². The van der Waals surface area contributed by atoms with Crippen LogP contribution in [-0.4, -0.2) is 20.1 Å². The summed E-state index contributed by atoms with van der Waals surface area (Å²) in [6.45, 7) is 9.58. The Labute approximate surface area is 103 Å². The Morgan fingerprint density at radius 1 is 1.38 bits per heavy atom. The zero-order chi connectivity index (χ0) is 12.1. The van der Waals surface area contributed by atoms with Gasteiger partial charge in [-0.2, -0.15) is 5.10 Å². The molecule has 3 nitrogen and oxygen atoms in total. The van der Waals surface area contributed by atoms with Gasteiger partial charge in [0.25, 0.3) is 0 Å². The maximum atomic E-state index is 6.23. The van der Waals surface area contributed by atoms with Crippen molar-refractivity contribution in [2.75, 3.05) is 0 Å². The van der Waals surface area contributed by atoms with Gasteiger partial charge in [0.15, 0.2) is 0 Å². The standard InChI is InChI=1S/C12H22ClN3/c1-5-6-16-12(14-8-15-16)7-11(9(2)3)10(4)13/h8-11H,5-7H2,1-4H3. The zero-order valence-electron chi connectivity index (χ0n) is 10.7. The molecule has 0 aliphatic heterocycles. The normalized spacial score (nSPS) is 15.4. The minimum Gasteiger partial charge on any atom is -0.250 e. The molecule has 4 heteroatoms. The van der Waals surface area contributed by atoms with Gasteiger partial charge in [-0.05, 0) is 25.2 Å². The van der Waals surface area contributed by atoms with E-state index in [9.17, 15) is 0 Å². The zero-order valence-corrected chi connectivity index (χ0v) is 11.4. The molecular formula is C12H22ClN3. The molecule has 0 saturated carbocycles. The van der Waals surface area contributed by atoms with E-state index in [2.05, 4.69) is 37.8 Å². The van der Waals surface area contributed by atoms with Crippen LogP contribution in [-0.2, 0) is 13.0 Å². The SMILES string of the molecule is CCCn1ncnc1CC(C(C)C)C(C)Cl. The van der Waals surface area contributed by atoms with Crippen molar-refractivity contribution in [1.29, 1.82) is 0 Å². The van der Waals surface area contributed by atoms with Crippen molar-refractivity contribution in [2.45, 2.75) is 52.5 Å². The summed E-state index contributed by atoms with van der Waals surface area (Å²) in [5, 5.41) is 4.41. The van der Waals surface area contributed by atoms with Crippen LogP contribution in [0.25, 0.3) is 0 Å². The van der Waals surface area contributed by atoms with E-state index in [-0.39, 0.29) is 5.38 Å². The summed E-state index contributed by atoms with van der Waals surface area (Å²) in [5.74, 6) is 2.09. The minimum atomic E-state index is 0.173. The van der Waals surface area contributed by atoms with Gasteiger partial charge in [0.1, 0.15) is 12.2 Å². The summed E-state index contributed by atoms with van der Waals surface area (Å²) in [7, 11) is 0. The molecule has 0 aliphatic carbocycles.